The van der Waals surface area contributed by atoms with E-state index in [1.165, 1.54) is 0 Å². The van der Waals surface area contributed by atoms with E-state index in [1.807, 2.05) is 26.0 Å². The number of hydrogen-bond acceptors (Lipinski definition) is 4. The van der Waals surface area contributed by atoms with Crippen LogP contribution in [0.5, 0.6) is 0 Å². The van der Waals surface area contributed by atoms with Crippen LogP contribution in [-0.4, -0.2) is 24.3 Å². The van der Waals surface area contributed by atoms with Crippen molar-refractivity contribution in [2.75, 3.05) is 11.9 Å². The fraction of sp³-hybridized carbons (Fsp3) is 0.286. The molecule has 5 heteroatoms. The Balaban J connectivity index is 1.88. The molecular formula is C21H23NO4. The van der Waals surface area contributed by atoms with Gasteiger partial charge in [-0.2, -0.15) is 0 Å². The third-order valence-corrected chi connectivity index (χ3v) is 3.90. The number of ether oxygens (including phenoxy) is 1. The smallest absolute Gasteiger partial charge is 0.338 e. The zero-order valence-electron chi connectivity index (χ0n) is 15.1. The zero-order valence-corrected chi connectivity index (χ0v) is 15.1. The van der Waals surface area contributed by atoms with Crippen molar-refractivity contribution in [1.82, 2.24) is 0 Å². The number of rotatable bonds is 8. The van der Waals surface area contributed by atoms with Crippen LogP contribution < -0.4 is 5.32 Å². The van der Waals surface area contributed by atoms with Crippen molar-refractivity contribution in [2.45, 2.75) is 33.1 Å². The Bertz CT molecular complexity index is 764. The first-order chi connectivity index (χ1) is 12.5. The molecule has 0 bridgehead atoms. The lowest BCUT2D eigenvalue weighted by Gasteiger charge is -2.07. The highest BCUT2D eigenvalue weighted by Gasteiger charge is 2.12. The lowest BCUT2D eigenvalue weighted by atomic mass is 10.1. The van der Waals surface area contributed by atoms with Crippen molar-refractivity contribution in [2.24, 2.45) is 0 Å². The highest BCUT2D eigenvalue weighted by molar-refractivity contribution is 6.00. The molecule has 0 heterocycles. The van der Waals surface area contributed by atoms with Crippen molar-refractivity contribution >= 4 is 23.3 Å². The second-order valence-electron chi connectivity index (χ2n) is 5.93. The molecule has 1 N–H and O–H groups in total. The first-order valence-electron chi connectivity index (χ1n) is 8.72. The molecule has 0 aliphatic heterocycles. The molecule has 2 aromatic rings. The van der Waals surface area contributed by atoms with Gasteiger partial charge in [0.25, 0.3) is 0 Å². The number of carbonyl (C=O) groups is 3. The SMILES string of the molecule is CCCC(=O)Nc1ccc(C(=O)COC(=O)c2ccc(CC)cc2)cc1. The number of ketones is 1. The fourth-order valence-corrected chi connectivity index (χ4v) is 2.36. The molecule has 0 aromatic heterocycles. The predicted octanol–water partition coefficient (Wildman–Crippen LogP) is 4.03. The van der Waals surface area contributed by atoms with Gasteiger partial charge in [0.15, 0.2) is 12.4 Å². The molecule has 0 aliphatic rings. The van der Waals surface area contributed by atoms with E-state index in [-0.39, 0.29) is 18.3 Å². The van der Waals surface area contributed by atoms with Crippen LogP contribution in [0.4, 0.5) is 5.69 Å². The van der Waals surface area contributed by atoms with E-state index in [0.29, 0.717) is 23.2 Å². The number of benzene rings is 2. The molecule has 136 valence electrons. The summed E-state index contributed by atoms with van der Waals surface area (Å²) >= 11 is 0. The summed E-state index contributed by atoms with van der Waals surface area (Å²) in [5.74, 6) is -0.881. The Hall–Kier alpha value is -2.95. The Morgan fingerprint density at radius 3 is 2.08 bits per heavy atom. The largest absolute Gasteiger partial charge is 0.454 e. The first-order valence-corrected chi connectivity index (χ1v) is 8.72. The summed E-state index contributed by atoms with van der Waals surface area (Å²) in [6.45, 7) is 3.64. The van der Waals surface area contributed by atoms with Crippen LogP contribution in [0.1, 0.15) is 53.0 Å². The van der Waals surface area contributed by atoms with E-state index < -0.39 is 5.97 Å². The number of hydrogen-bond donors (Lipinski definition) is 1. The molecule has 0 radical (unpaired) electrons. The van der Waals surface area contributed by atoms with Gasteiger partial charge in [-0.1, -0.05) is 26.0 Å². The normalized spacial score (nSPS) is 10.2. The number of nitrogens with one attached hydrogen (secondary N) is 1. The highest BCUT2D eigenvalue weighted by atomic mass is 16.5. The van der Waals surface area contributed by atoms with Crippen molar-refractivity contribution < 1.29 is 19.1 Å². The summed E-state index contributed by atoms with van der Waals surface area (Å²) in [4.78, 5) is 35.7. The van der Waals surface area contributed by atoms with Crippen molar-refractivity contribution in [3.8, 4) is 0 Å². The molecule has 0 spiro atoms. The summed E-state index contributed by atoms with van der Waals surface area (Å²) in [5.41, 5.74) is 2.60. The average Bonchev–Trinajstić information content (AvgIpc) is 2.66. The second kappa shape index (κ2) is 9.51. The van der Waals surface area contributed by atoms with Crippen LogP contribution >= 0.6 is 0 Å². The van der Waals surface area contributed by atoms with Crippen LogP contribution in [0.25, 0.3) is 0 Å². The van der Waals surface area contributed by atoms with Crippen molar-refractivity contribution in [3.05, 3.63) is 65.2 Å². The standard InChI is InChI=1S/C21H23NO4/c1-3-5-20(24)22-18-12-10-16(11-13-18)19(23)14-26-21(25)17-8-6-15(4-2)7-9-17/h6-13H,3-5,14H2,1-2H3,(H,22,24). The summed E-state index contributed by atoms with van der Waals surface area (Å²) < 4.78 is 5.09. The average molecular weight is 353 g/mol. The molecule has 1 amide bonds. The van der Waals surface area contributed by atoms with Crippen LogP contribution in [0.15, 0.2) is 48.5 Å². The molecule has 0 aliphatic carbocycles. The maximum Gasteiger partial charge on any atom is 0.338 e. The number of esters is 1. The maximum absolute atomic E-state index is 12.2. The van der Waals surface area contributed by atoms with Gasteiger partial charge in [0.2, 0.25) is 5.91 Å². The number of amides is 1. The zero-order chi connectivity index (χ0) is 18.9. The molecule has 0 fully saturated rings. The van der Waals surface area contributed by atoms with Gasteiger partial charge in [-0.15, -0.1) is 0 Å². The minimum absolute atomic E-state index is 0.0606. The molecule has 0 unspecified atom stereocenters. The number of anilines is 1. The van der Waals surface area contributed by atoms with Gasteiger partial charge >= 0.3 is 5.97 Å². The monoisotopic (exact) mass is 353 g/mol. The van der Waals surface area contributed by atoms with Gasteiger partial charge in [0.05, 0.1) is 5.56 Å². The first kappa shape index (κ1) is 19.4. The van der Waals surface area contributed by atoms with E-state index in [0.717, 1.165) is 18.4 Å². The molecule has 26 heavy (non-hydrogen) atoms. The third kappa shape index (κ3) is 5.55. The number of Topliss-reactive ketones (excluding diaryl/α,β-unsaturated/α-hetero) is 1. The van der Waals surface area contributed by atoms with E-state index in [1.54, 1.807) is 36.4 Å². The highest BCUT2D eigenvalue weighted by Crippen LogP contribution is 2.12. The van der Waals surface area contributed by atoms with Gasteiger partial charge < -0.3 is 10.1 Å². The molecule has 2 rings (SSSR count). The topological polar surface area (TPSA) is 72.5 Å². The Morgan fingerprint density at radius 1 is 0.885 bits per heavy atom. The van der Waals surface area contributed by atoms with Gasteiger partial charge in [-0.3, -0.25) is 9.59 Å². The van der Waals surface area contributed by atoms with Crippen molar-refractivity contribution in [1.29, 1.82) is 0 Å². The molecule has 2 aromatic carbocycles. The van der Waals surface area contributed by atoms with Gasteiger partial charge in [-0.25, -0.2) is 4.79 Å². The predicted molar refractivity (Wildman–Crippen MR) is 100 cm³/mol. The van der Waals surface area contributed by atoms with E-state index >= 15 is 0 Å². The molecule has 5 nitrogen and oxygen atoms in total. The number of aryl methyl sites for hydroxylation is 1. The van der Waals surface area contributed by atoms with E-state index in [4.69, 9.17) is 4.74 Å². The molecule has 0 atom stereocenters. The van der Waals surface area contributed by atoms with Crippen LogP contribution in [0.2, 0.25) is 0 Å². The third-order valence-electron chi connectivity index (χ3n) is 3.90. The van der Waals surface area contributed by atoms with Gasteiger partial charge in [0.1, 0.15) is 0 Å². The Labute approximate surface area is 153 Å². The summed E-state index contributed by atoms with van der Waals surface area (Å²) in [6.07, 6.45) is 2.12. The van der Waals surface area contributed by atoms with E-state index in [9.17, 15) is 14.4 Å². The van der Waals surface area contributed by atoms with Crippen molar-refractivity contribution in [3.63, 3.8) is 0 Å². The van der Waals surface area contributed by atoms with Gasteiger partial charge in [0, 0.05) is 17.7 Å². The Kier molecular flexibility index (Phi) is 7.09. The molecular weight excluding hydrogens is 330 g/mol. The quantitative estimate of drug-likeness (QED) is 0.574. The Morgan fingerprint density at radius 2 is 1.50 bits per heavy atom. The van der Waals surface area contributed by atoms with E-state index in [2.05, 4.69) is 5.32 Å². The number of carbonyl (C=O) groups excluding carboxylic acids is 3. The van der Waals surface area contributed by atoms with Crippen LogP contribution in [0, 0.1) is 0 Å². The lowest BCUT2D eigenvalue weighted by molar-refractivity contribution is -0.116. The minimum Gasteiger partial charge on any atom is -0.454 e. The second-order valence-corrected chi connectivity index (χ2v) is 5.93. The summed E-state index contributed by atoms with van der Waals surface area (Å²) in [6, 6.07) is 13.6. The van der Waals surface area contributed by atoms with Gasteiger partial charge in [-0.05, 0) is 54.8 Å². The summed E-state index contributed by atoms with van der Waals surface area (Å²) in [7, 11) is 0. The van der Waals surface area contributed by atoms with Crippen LogP contribution in [0.3, 0.4) is 0 Å². The molecule has 0 saturated carbocycles. The van der Waals surface area contributed by atoms with Crippen LogP contribution in [-0.2, 0) is 16.0 Å². The lowest BCUT2D eigenvalue weighted by Crippen LogP contribution is -2.14. The maximum atomic E-state index is 12.2. The minimum atomic E-state index is -0.524. The molecule has 0 saturated heterocycles. The fourth-order valence-electron chi connectivity index (χ4n) is 2.36. The summed E-state index contributed by atoms with van der Waals surface area (Å²) in [5, 5.41) is 2.75.